The maximum absolute atomic E-state index is 5.45. The van der Waals surface area contributed by atoms with Gasteiger partial charge in [-0.25, -0.2) is 0 Å². The minimum Gasteiger partial charge on any atom is -0.330 e. The Morgan fingerprint density at radius 1 is 0.824 bits per heavy atom. The zero-order valence-corrected chi connectivity index (χ0v) is 10.8. The average Bonchev–Trinajstić information content (AvgIpc) is 2.38. The lowest BCUT2D eigenvalue weighted by Crippen LogP contribution is -2.17. The molecule has 0 aromatic heterocycles. The molecule has 0 amide bonds. The molecule has 96 valence electrons. The molecular weight excluding hydrogens is 208 g/mol. The molecule has 2 heteroatoms. The van der Waals surface area contributed by atoms with Crippen LogP contribution in [0.3, 0.4) is 0 Å². The third kappa shape index (κ3) is 7.94. The second kappa shape index (κ2) is 10.3. The number of aryl methyl sites for hydroxylation is 1. The molecule has 1 aromatic rings. The summed E-state index contributed by atoms with van der Waals surface area (Å²) in [4.78, 5) is 0. The standard InChI is InChI=1S/C15H26N2/c16-12-6-1-2-7-13-17-14-8-11-15-9-4-3-5-10-15/h3-5,9-10,17H,1-2,6-8,11-14,16H2. The van der Waals surface area contributed by atoms with Crippen molar-refractivity contribution < 1.29 is 0 Å². The van der Waals surface area contributed by atoms with Crippen LogP contribution in [0.25, 0.3) is 0 Å². The van der Waals surface area contributed by atoms with E-state index in [0.717, 1.165) is 19.6 Å². The molecule has 0 spiro atoms. The van der Waals surface area contributed by atoms with E-state index in [1.807, 2.05) is 0 Å². The first-order chi connectivity index (χ1) is 8.43. The topological polar surface area (TPSA) is 38.0 Å². The second-order valence-corrected chi connectivity index (χ2v) is 4.54. The van der Waals surface area contributed by atoms with E-state index < -0.39 is 0 Å². The van der Waals surface area contributed by atoms with Gasteiger partial charge in [-0.3, -0.25) is 0 Å². The van der Waals surface area contributed by atoms with Crippen molar-refractivity contribution in [3.05, 3.63) is 35.9 Å². The summed E-state index contributed by atoms with van der Waals surface area (Å²) in [6.07, 6.45) is 7.46. The summed E-state index contributed by atoms with van der Waals surface area (Å²) < 4.78 is 0. The third-order valence-corrected chi connectivity index (χ3v) is 2.97. The number of nitrogens with one attached hydrogen (secondary N) is 1. The lowest BCUT2D eigenvalue weighted by atomic mass is 10.1. The van der Waals surface area contributed by atoms with Gasteiger partial charge in [0, 0.05) is 0 Å². The van der Waals surface area contributed by atoms with Gasteiger partial charge in [0.25, 0.3) is 0 Å². The Balaban J connectivity index is 1.85. The van der Waals surface area contributed by atoms with E-state index in [2.05, 4.69) is 35.6 Å². The summed E-state index contributed by atoms with van der Waals surface area (Å²) in [7, 11) is 0. The van der Waals surface area contributed by atoms with Gasteiger partial charge in [0.05, 0.1) is 0 Å². The van der Waals surface area contributed by atoms with Gasteiger partial charge in [0.1, 0.15) is 0 Å². The molecule has 0 saturated carbocycles. The van der Waals surface area contributed by atoms with E-state index in [9.17, 15) is 0 Å². The van der Waals surface area contributed by atoms with Crippen LogP contribution in [0.5, 0.6) is 0 Å². The Morgan fingerprint density at radius 3 is 2.29 bits per heavy atom. The molecule has 0 heterocycles. The first kappa shape index (κ1) is 14.2. The summed E-state index contributed by atoms with van der Waals surface area (Å²) in [5, 5.41) is 3.50. The van der Waals surface area contributed by atoms with Crippen molar-refractivity contribution in [2.75, 3.05) is 19.6 Å². The first-order valence-corrected chi connectivity index (χ1v) is 6.88. The molecule has 0 radical (unpaired) electrons. The minimum atomic E-state index is 0.838. The molecule has 0 bridgehead atoms. The van der Waals surface area contributed by atoms with Crippen LogP contribution in [0.2, 0.25) is 0 Å². The highest BCUT2D eigenvalue weighted by atomic mass is 14.8. The average molecular weight is 234 g/mol. The number of rotatable bonds is 10. The zero-order valence-electron chi connectivity index (χ0n) is 10.8. The highest BCUT2D eigenvalue weighted by molar-refractivity contribution is 5.14. The lowest BCUT2D eigenvalue weighted by molar-refractivity contribution is 0.579. The van der Waals surface area contributed by atoms with Crippen molar-refractivity contribution in [3.8, 4) is 0 Å². The maximum Gasteiger partial charge on any atom is -0.00457 e. The van der Waals surface area contributed by atoms with Crippen molar-refractivity contribution in [2.45, 2.75) is 38.5 Å². The fourth-order valence-electron chi connectivity index (χ4n) is 1.94. The summed E-state index contributed by atoms with van der Waals surface area (Å²) in [5.41, 5.74) is 6.89. The van der Waals surface area contributed by atoms with E-state index in [1.165, 1.54) is 44.1 Å². The molecule has 0 saturated heterocycles. The largest absolute Gasteiger partial charge is 0.330 e. The van der Waals surface area contributed by atoms with Crippen molar-refractivity contribution >= 4 is 0 Å². The molecule has 0 fully saturated rings. The van der Waals surface area contributed by atoms with E-state index in [0.29, 0.717) is 0 Å². The SMILES string of the molecule is NCCCCCCNCCCc1ccccc1. The molecule has 0 atom stereocenters. The van der Waals surface area contributed by atoms with Crippen LogP contribution in [0.4, 0.5) is 0 Å². The fraction of sp³-hybridized carbons (Fsp3) is 0.600. The normalized spacial score (nSPS) is 10.6. The second-order valence-electron chi connectivity index (χ2n) is 4.54. The third-order valence-electron chi connectivity index (χ3n) is 2.97. The van der Waals surface area contributed by atoms with Crippen LogP contribution in [-0.4, -0.2) is 19.6 Å². The molecule has 1 rings (SSSR count). The van der Waals surface area contributed by atoms with E-state index >= 15 is 0 Å². The Hall–Kier alpha value is -0.860. The van der Waals surface area contributed by atoms with Gasteiger partial charge in [-0.2, -0.15) is 0 Å². The van der Waals surface area contributed by atoms with E-state index in [1.54, 1.807) is 0 Å². The molecule has 0 aliphatic carbocycles. The van der Waals surface area contributed by atoms with Crippen molar-refractivity contribution in [2.24, 2.45) is 5.73 Å². The Bertz CT molecular complexity index is 259. The summed E-state index contributed by atoms with van der Waals surface area (Å²) in [5.74, 6) is 0. The molecule has 0 unspecified atom stereocenters. The summed E-state index contributed by atoms with van der Waals surface area (Å²) in [6.45, 7) is 3.12. The van der Waals surface area contributed by atoms with Gasteiger partial charge in [0.2, 0.25) is 0 Å². The Kier molecular flexibility index (Phi) is 8.61. The number of hydrogen-bond acceptors (Lipinski definition) is 2. The molecule has 1 aromatic carbocycles. The fourth-order valence-corrected chi connectivity index (χ4v) is 1.94. The van der Waals surface area contributed by atoms with Crippen molar-refractivity contribution in [1.29, 1.82) is 0 Å². The zero-order chi connectivity index (χ0) is 12.2. The summed E-state index contributed by atoms with van der Waals surface area (Å²) >= 11 is 0. The van der Waals surface area contributed by atoms with E-state index in [4.69, 9.17) is 5.73 Å². The Morgan fingerprint density at radius 2 is 1.53 bits per heavy atom. The van der Waals surface area contributed by atoms with Crippen LogP contribution >= 0.6 is 0 Å². The van der Waals surface area contributed by atoms with Crippen molar-refractivity contribution in [1.82, 2.24) is 5.32 Å². The van der Waals surface area contributed by atoms with Crippen LogP contribution in [0.15, 0.2) is 30.3 Å². The number of benzene rings is 1. The van der Waals surface area contributed by atoms with Crippen LogP contribution < -0.4 is 11.1 Å². The highest BCUT2D eigenvalue weighted by Gasteiger charge is 1.92. The smallest absolute Gasteiger partial charge is 0.00457 e. The summed E-state index contributed by atoms with van der Waals surface area (Å²) in [6, 6.07) is 10.7. The van der Waals surface area contributed by atoms with Gasteiger partial charge in [-0.15, -0.1) is 0 Å². The van der Waals surface area contributed by atoms with Gasteiger partial charge < -0.3 is 11.1 Å². The van der Waals surface area contributed by atoms with Gasteiger partial charge in [-0.05, 0) is 50.9 Å². The Labute approximate surface area is 106 Å². The first-order valence-electron chi connectivity index (χ1n) is 6.88. The number of unbranched alkanes of at least 4 members (excludes halogenated alkanes) is 3. The predicted octanol–water partition coefficient (Wildman–Crippen LogP) is 2.73. The number of hydrogen-bond donors (Lipinski definition) is 2. The van der Waals surface area contributed by atoms with Gasteiger partial charge in [-0.1, -0.05) is 43.2 Å². The van der Waals surface area contributed by atoms with Crippen molar-refractivity contribution in [3.63, 3.8) is 0 Å². The molecule has 0 aliphatic heterocycles. The predicted molar refractivity (Wildman–Crippen MR) is 75.2 cm³/mol. The molecular formula is C15H26N2. The molecule has 17 heavy (non-hydrogen) atoms. The molecule has 2 nitrogen and oxygen atoms in total. The minimum absolute atomic E-state index is 0.838. The monoisotopic (exact) mass is 234 g/mol. The van der Waals surface area contributed by atoms with E-state index in [-0.39, 0.29) is 0 Å². The number of nitrogens with two attached hydrogens (primary N) is 1. The maximum atomic E-state index is 5.45. The van der Waals surface area contributed by atoms with Crippen LogP contribution in [-0.2, 0) is 6.42 Å². The van der Waals surface area contributed by atoms with Crippen LogP contribution in [0, 0.1) is 0 Å². The van der Waals surface area contributed by atoms with Gasteiger partial charge in [0.15, 0.2) is 0 Å². The lowest BCUT2D eigenvalue weighted by Gasteiger charge is -2.04. The molecule has 3 N–H and O–H groups in total. The van der Waals surface area contributed by atoms with Crippen LogP contribution in [0.1, 0.15) is 37.7 Å². The highest BCUT2D eigenvalue weighted by Crippen LogP contribution is 2.01. The quantitative estimate of drug-likeness (QED) is 0.611. The molecule has 0 aliphatic rings. The van der Waals surface area contributed by atoms with Gasteiger partial charge >= 0.3 is 0 Å².